The van der Waals surface area contributed by atoms with Gasteiger partial charge in [-0.1, -0.05) is 30.3 Å². The van der Waals surface area contributed by atoms with Gasteiger partial charge in [0.2, 0.25) is 0 Å². The van der Waals surface area contributed by atoms with Crippen LogP contribution in [0.4, 0.5) is 0 Å². The molecule has 0 aliphatic heterocycles. The van der Waals surface area contributed by atoms with E-state index in [4.69, 9.17) is 15.0 Å². The molecule has 17 heavy (non-hydrogen) atoms. The molecule has 4 heteroatoms. The molecular weight excluding hydrogens is 216 g/mol. The van der Waals surface area contributed by atoms with E-state index >= 15 is 0 Å². The summed E-state index contributed by atoms with van der Waals surface area (Å²) in [6.07, 6.45) is 0.668. The maximum Gasteiger partial charge on any atom is 0.254 e. The van der Waals surface area contributed by atoms with Crippen LogP contribution in [0.25, 0.3) is 0 Å². The van der Waals surface area contributed by atoms with Crippen LogP contribution in [0.5, 0.6) is 5.88 Å². The van der Waals surface area contributed by atoms with Crippen LogP contribution >= 0.6 is 0 Å². The quantitative estimate of drug-likeness (QED) is 0.858. The lowest BCUT2D eigenvalue weighted by atomic mass is 10.2. The maximum atomic E-state index is 5.67. The van der Waals surface area contributed by atoms with E-state index in [1.807, 2.05) is 37.3 Å². The van der Waals surface area contributed by atoms with Gasteiger partial charge in [0.15, 0.2) is 0 Å². The van der Waals surface area contributed by atoms with Crippen molar-refractivity contribution in [2.24, 2.45) is 5.73 Å². The van der Waals surface area contributed by atoms with Gasteiger partial charge in [0.05, 0.1) is 0 Å². The van der Waals surface area contributed by atoms with Crippen molar-refractivity contribution in [3.8, 4) is 5.88 Å². The molecule has 0 amide bonds. The minimum Gasteiger partial charge on any atom is -0.471 e. The number of benzene rings is 1. The van der Waals surface area contributed by atoms with Gasteiger partial charge in [0, 0.05) is 18.5 Å². The molecule has 0 radical (unpaired) electrons. The van der Waals surface area contributed by atoms with E-state index in [-0.39, 0.29) is 6.04 Å². The van der Waals surface area contributed by atoms with Gasteiger partial charge in [-0.05, 0) is 17.6 Å². The third-order valence-corrected chi connectivity index (χ3v) is 2.29. The first kappa shape index (κ1) is 11.7. The second kappa shape index (κ2) is 5.50. The Labute approximate surface area is 100 Å². The Morgan fingerprint density at radius 1 is 1.35 bits per heavy atom. The van der Waals surface area contributed by atoms with Crippen LogP contribution in [0, 0.1) is 0 Å². The van der Waals surface area contributed by atoms with Crippen LogP contribution in [0.3, 0.4) is 0 Å². The second-order valence-electron chi connectivity index (χ2n) is 4.09. The van der Waals surface area contributed by atoms with Crippen molar-refractivity contribution in [2.45, 2.75) is 26.0 Å². The van der Waals surface area contributed by atoms with E-state index in [9.17, 15) is 0 Å². The third kappa shape index (κ3) is 3.60. The summed E-state index contributed by atoms with van der Waals surface area (Å²) in [4.78, 5) is 0. The highest BCUT2D eigenvalue weighted by atomic mass is 16.5. The predicted octanol–water partition coefficient (Wildman–Crippen LogP) is 2.14. The first-order chi connectivity index (χ1) is 8.24. The lowest BCUT2D eigenvalue weighted by Gasteiger charge is -2.01. The van der Waals surface area contributed by atoms with E-state index in [0.717, 1.165) is 11.3 Å². The zero-order valence-electron chi connectivity index (χ0n) is 9.80. The molecule has 4 nitrogen and oxygen atoms in total. The molecule has 1 aromatic heterocycles. The standard InChI is InChI=1S/C13H16N2O2/c1-10(14)7-12-8-13(15-17-12)16-9-11-5-3-2-4-6-11/h2-6,8,10H,7,9,14H2,1H3/t10-/m1/s1. The molecule has 0 saturated carbocycles. The van der Waals surface area contributed by atoms with E-state index in [1.54, 1.807) is 6.07 Å². The van der Waals surface area contributed by atoms with Gasteiger partial charge in [0.1, 0.15) is 12.4 Å². The highest BCUT2D eigenvalue weighted by molar-refractivity contribution is 5.16. The van der Waals surface area contributed by atoms with Gasteiger partial charge < -0.3 is 15.0 Å². The first-order valence-electron chi connectivity index (χ1n) is 5.62. The Hall–Kier alpha value is -1.81. The van der Waals surface area contributed by atoms with E-state index in [2.05, 4.69) is 5.16 Å². The lowest BCUT2D eigenvalue weighted by molar-refractivity contribution is 0.265. The predicted molar refractivity (Wildman–Crippen MR) is 64.6 cm³/mol. The largest absolute Gasteiger partial charge is 0.471 e. The summed E-state index contributed by atoms with van der Waals surface area (Å²) in [5.41, 5.74) is 6.77. The van der Waals surface area contributed by atoms with Crippen LogP contribution in [-0.4, -0.2) is 11.2 Å². The van der Waals surface area contributed by atoms with Crippen molar-refractivity contribution in [2.75, 3.05) is 0 Å². The number of ether oxygens (including phenoxy) is 1. The number of rotatable bonds is 5. The summed E-state index contributed by atoms with van der Waals surface area (Å²) in [5.74, 6) is 1.26. The number of nitrogens with zero attached hydrogens (tertiary/aromatic N) is 1. The van der Waals surface area contributed by atoms with Crippen LogP contribution in [-0.2, 0) is 13.0 Å². The molecule has 0 fully saturated rings. The van der Waals surface area contributed by atoms with Crippen molar-refractivity contribution in [3.63, 3.8) is 0 Å². The fourth-order valence-electron chi connectivity index (χ4n) is 1.51. The van der Waals surface area contributed by atoms with Crippen molar-refractivity contribution in [3.05, 3.63) is 47.7 Å². The van der Waals surface area contributed by atoms with Crippen LogP contribution in [0.2, 0.25) is 0 Å². The molecule has 2 aromatic rings. The monoisotopic (exact) mass is 232 g/mol. The number of hydrogen-bond donors (Lipinski definition) is 1. The minimum absolute atomic E-state index is 0.0601. The Balaban J connectivity index is 1.89. The van der Waals surface area contributed by atoms with Crippen molar-refractivity contribution >= 4 is 0 Å². The van der Waals surface area contributed by atoms with Crippen LogP contribution < -0.4 is 10.5 Å². The smallest absolute Gasteiger partial charge is 0.254 e. The van der Waals surface area contributed by atoms with Crippen molar-refractivity contribution in [1.82, 2.24) is 5.16 Å². The maximum absolute atomic E-state index is 5.67. The highest BCUT2D eigenvalue weighted by Crippen LogP contribution is 2.14. The van der Waals surface area contributed by atoms with E-state index in [0.29, 0.717) is 18.9 Å². The summed E-state index contributed by atoms with van der Waals surface area (Å²) in [5, 5.41) is 3.83. The highest BCUT2D eigenvalue weighted by Gasteiger charge is 2.07. The summed E-state index contributed by atoms with van der Waals surface area (Å²) >= 11 is 0. The Kier molecular flexibility index (Phi) is 3.77. The average Bonchev–Trinajstić information content (AvgIpc) is 2.75. The van der Waals surface area contributed by atoms with Gasteiger partial charge in [-0.15, -0.1) is 0 Å². The average molecular weight is 232 g/mol. The van der Waals surface area contributed by atoms with Crippen LogP contribution in [0.15, 0.2) is 40.9 Å². The molecule has 0 saturated heterocycles. The molecule has 0 aliphatic carbocycles. The van der Waals surface area contributed by atoms with Crippen molar-refractivity contribution < 1.29 is 9.26 Å². The molecule has 1 heterocycles. The fourth-order valence-corrected chi connectivity index (χ4v) is 1.51. The molecule has 1 atom stereocenters. The molecule has 2 N–H and O–H groups in total. The molecule has 0 unspecified atom stereocenters. The summed E-state index contributed by atoms with van der Waals surface area (Å²) < 4.78 is 10.6. The molecule has 0 spiro atoms. The molecule has 90 valence electrons. The molecular formula is C13H16N2O2. The molecule has 1 aromatic carbocycles. The van der Waals surface area contributed by atoms with Gasteiger partial charge in [-0.2, -0.15) is 0 Å². The van der Waals surface area contributed by atoms with Crippen LogP contribution in [0.1, 0.15) is 18.2 Å². The summed E-state index contributed by atoms with van der Waals surface area (Å²) in [7, 11) is 0. The normalized spacial score (nSPS) is 12.4. The zero-order chi connectivity index (χ0) is 12.1. The first-order valence-corrected chi connectivity index (χ1v) is 5.62. The molecule has 0 aliphatic rings. The minimum atomic E-state index is 0.0601. The molecule has 2 rings (SSSR count). The fraction of sp³-hybridized carbons (Fsp3) is 0.308. The van der Waals surface area contributed by atoms with Crippen molar-refractivity contribution in [1.29, 1.82) is 0 Å². The third-order valence-electron chi connectivity index (χ3n) is 2.29. The SMILES string of the molecule is C[C@@H](N)Cc1cc(OCc2ccccc2)no1. The van der Waals surface area contributed by atoms with E-state index in [1.165, 1.54) is 0 Å². The number of hydrogen-bond acceptors (Lipinski definition) is 4. The van der Waals surface area contributed by atoms with Gasteiger partial charge in [0.25, 0.3) is 5.88 Å². The summed E-state index contributed by atoms with van der Waals surface area (Å²) in [6.45, 7) is 2.41. The van der Waals surface area contributed by atoms with Gasteiger partial charge >= 0.3 is 0 Å². The Morgan fingerprint density at radius 3 is 2.82 bits per heavy atom. The summed E-state index contributed by atoms with van der Waals surface area (Å²) in [6, 6.07) is 11.8. The lowest BCUT2D eigenvalue weighted by Crippen LogP contribution is -2.17. The van der Waals surface area contributed by atoms with E-state index < -0.39 is 0 Å². The Morgan fingerprint density at radius 2 is 2.12 bits per heavy atom. The van der Waals surface area contributed by atoms with Gasteiger partial charge in [-0.25, -0.2) is 0 Å². The van der Waals surface area contributed by atoms with Gasteiger partial charge in [-0.3, -0.25) is 0 Å². The zero-order valence-corrected chi connectivity index (χ0v) is 9.80. The number of nitrogens with two attached hydrogens (primary N) is 1. The topological polar surface area (TPSA) is 61.3 Å². The Bertz CT molecular complexity index is 451. The number of aromatic nitrogens is 1. The molecule has 0 bridgehead atoms. The second-order valence-corrected chi connectivity index (χ2v) is 4.09.